The van der Waals surface area contributed by atoms with E-state index in [0.717, 1.165) is 5.56 Å². The zero-order valence-electron chi connectivity index (χ0n) is 9.20. The van der Waals surface area contributed by atoms with Gasteiger partial charge in [0, 0.05) is 12.6 Å². The first kappa shape index (κ1) is 12.1. The molecule has 1 atom stereocenters. The number of Topliss-reactive ketones (excluding diaryl/α,β-unsaturated/α-hetero) is 1. The van der Waals surface area contributed by atoms with Crippen molar-refractivity contribution >= 4 is 17.4 Å². The summed E-state index contributed by atoms with van der Waals surface area (Å²) >= 11 is 5.70. The van der Waals surface area contributed by atoms with Crippen LogP contribution in [0.15, 0.2) is 18.3 Å². The number of hydrogen-bond acceptors (Lipinski definition) is 3. The van der Waals surface area contributed by atoms with Crippen LogP contribution in [-0.4, -0.2) is 29.8 Å². The zero-order valence-corrected chi connectivity index (χ0v) is 9.95. The fourth-order valence-electron chi connectivity index (χ4n) is 1.51. The average molecular weight is 227 g/mol. The van der Waals surface area contributed by atoms with E-state index in [9.17, 15) is 4.79 Å². The van der Waals surface area contributed by atoms with Gasteiger partial charge in [-0.15, -0.1) is 0 Å². The number of halogens is 1. The Morgan fingerprint density at radius 2 is 2.20 bits per heavy atom. The van der Waals surface area contributed by atoms with Crippen molar-refractivity contribution in [1.82, 2.24) is 9.88 Å². The van der Waals surface area contributed by atoms with Crippen molar-refractivity contribution in [2.24, 2.45) is 0 Å². The lowest BCUT2D eigenvalue weighted by molar-refractivity contribution is -0.123. The molecule has 0 aliphatic carbocycles. The highest BCUT2D eigenvalue weighted by Crippen LogP contribution is 2.20. The highest BCUT2D eigenvalue weighted by atomic mass is 35.5. The summed E-state index contributed by atoms with van der Waals surface area (Å²) in [6.07, 6.45) is 2.17. The lowest BCUT2D eigenvalue weighted by Crippen LogP contribution is -2.27. The second-order valence-electron chi connectivity index (χ2n) is 3.60. The van der Waals surface area contributed by atoms with Gasteiger partial charge < -0.3 is 0 Å². The van der Waals surface area contributed by atoms with Crippen molar-refractivity contribution < 1.29 is 4.79 Å². The SMILES string of the molecule is CCC(=O)C(c1ccc(Cl)nc1)N(C)C. The molecular formula is C11H15ClN2O. The van der Waals surface area contributed by atoms with Gasteiger partial charge in [-0.25, -0.2) is 4.98 Å². The molecule has 82 valence electrons. The topological polar surface area (TPSA) is 33.2 Å². The van der Waals surface area contributed by atoms with Crippen molar-refractivity contribution in [3.63, 3.8) is 0 Å². The summed E-state index contributed by atoms with van der Waals surface area (Å²) in [5, 5.41) is 0.445. The van der Waals surface area contributed by atoms with Crippen molar-refractivity contribution in [3.8, 4) is 0 Å². The second-order valence-corrected chi connectivity index (χ2v) is 3.99. The van der Waals surface area contributed by atoms with E-state index in [1.807, 2.05) is 32.0 Å². The standard InChI is InChI=1S/C11H15ClN2O/c1-4-9(15)11(14(2)3)8-5-6-10(12)13-7-8/h5-7,11H,4H2,1-3H3. The number of rotatable bonds is 4. The summed E-state index contributed by atoms with van der Waals surface area (Å²) in [6, 6.07) is 3.32. The molecule has 0 aromatic carbocycles. The van der Waals surface area contributed by atoms with Crippen molar-refractivity contribution in [2.75, 3.05) is 14.1 Å². The molecule has 0 saturated heterocycles. The third-order valence-electron chi connectivity index (χ3n) is 2.24. The Bertz CT molecular complexity index is 335. The van der Waals surface area contributed by atoms with Gasteiger partial charge in [0.2, 0.25) is 0 Å². The maximum Gasteiger partial charge on any atom is 0.154 e. The van der Waals surface area contributed by atoms with Crippen molar-refractivity contribution in [3.05, 3.63) is 29.0 Å². The number of carbonyl (C=O) groups is 1. The molecule has 0 N–H and O–H groups in total. The van der Waals surface area contributed by atoms with E-state index in [4.69, 9.17) is 11.6 Å². The van der Waals surface area contributed by atoms with Crippen LogP contribution in [0.5, 0.6) is 0 Å². The highest BCUT2D eigenvalue weighted by molar-refractivity contribution is 6.29. The molecule has 3 nitrogen and oxygen atoms in total. The van der Waals surface area contributed by atoms with Crippen LogP contribution in [0.2, 0.25) is 5.15 Å². The van der Waals surface area contributed by atoms with Crippen LogP contribution in [0.4, 0.5) is 0 Å². The molecule has 0 bridgehead atoms. The predicted octanol–water partition coefficient (Wildman–Crippen LogP) is 2.32. The van der Waals surface area contributed by atoms with Gasteiger partial charge >= 0.3 is 0 Å². The molecule has 0 amide bonds. The van der Waals surface area contributed by atoms with E-state index in [1.165, 1.54) is 0 Å². The molecule has 1 aromatic rings. The van der Waals surface area contributed by atoms with Crippen LogP contribution in [0.3, 0.4) is 0 Å². The number of likely N-dealkylation sites (N-methyl/N-ethyl adjacent to an activating group) is 1. The fourth-order valence-corrected chi connectivity index (χ4v) is 1.63. The third-order valence-corrected chi connectivity index (χ3v) is 2.46. The molecule has 0 aliphatic rings. The minimum atomic E-state index is -0.222. The largest absolute Gasteiger partial charge is 0.298 e. The Hall–Kier alpha value is -0.930. The number of carbonyl (C=O) groups excluding carboxylic acids is 1. The van der Waals surface area contributed by atoms with E-state index in [1.54, 1.807) is 12.3 Å². The summed E-state index contributed by atoms with van der Waals surface area (Å²) in [4.78, 5) is 17.6. The molecular weight excluding hydrogens is 212 g/mol. The minimum Gasteiger partial charge on any atom is -0.298 e. The zero-order chi connectivity index (χ0) is 11.4. The van der Waals surface area contributed by atoms with Crippen LogP contribution in [0.1, 0.15) is 24.9 Å². The quantitative estimate of drug-likeness (QED) is 0.739. The van der Waals surface area contributed by atoms with Crippen LogP contribution in [0, 0.1) is 0 Å². The average Bonchev–Trinajstić information content (AvgIpc) is 2.20. The Morgan fingerprint density at radius 1 is 1.53 bits per heavy atom. The molecule has 1 unspecified atom stereocenters. The molecule has 0 saturated carbocycles. The highest BCUT2D eigenvalue weighted by Gasteiger charge is 2.21. The maximum atomic E-state index is 11.7. The molecule has 1 rings (SSSR count). The van der Waals surface area contributed by atoms with Gasteiger partial charge in [0.05, 0.1) is 6.04 Å². The smallest absolute Gasteiger partial charge is 0.154 e. The molecule has 0 aliphatic heterocycles. The normalized spacial score (nSPS) is 12.9. The Balaban J connectivity index is 2.99. The van der Waals surface area contributed by atoms with Crippen molar-refractivity contribution in [2.45, 2.75) is 19.4 Å². The summed E-state index contributed by atoms with van der Waals surface area (Å²) in [7, 11) is 3.76. The summed E-state index contributed by atoms with van der Waals surface area (Å²) in [6.45, 7) is 1.86. The van der Waals surface area contributed by atoms with Crippen LogP contribution < -0.4 is 0 Å². The molecule has 1 aromatic heterocycles. The van der Waals surface area contributed by atoms with Crippen LogP contribution in [0.25, 0.3) is 0 Å². The number of aromatic nitrogens is 1. The monoisotopic (exact) mass is 226 g/mol. The van der Waals surface area contributed by atoms with Crippen LogP contribution >= 0.6 is 11.6 Å². The lowest BCUT2D eigenvalue weighted by atomic mass is 10.0. The molecule has 0 radical (unpaired) electrons. The molecule has 4 heteroatoms. The molecule has 15 heavy (non-hydrogen) atoms. The molecule has 0 spiro atoms. The van der Waals surface area contributed by atoms with Gasteiger partial charge in [0.25, 0.3) is 0 Å². The lowest BCUT2D eigenvalue weighted by Gasteiger charge is -2.22. The van der Waals surface area contributed by atoms with Gasteiger partial charge in [0.15, 0.2) is 5.78 Å². The fraction of sp³-hybridized carbons (Fsp3) is 0.455. The maximum absolute atomic E-state index is 11.7. The van der Waals surface area contributed by atoms with E-state index in [-0.39, 0.29) is 11.8 Å². The number of nitrogens with zero attached hydrogens (tertiary/aromatic N) is 2. The van der Waals surface area contributed by atoms with Gasteiger partial charge in [-0.3, -0.25) is 9.69 Å². The summed E-state index contributed by atoms with van der Waals surface area (Å²) < 4.78 is 0. The summed E-state index contributed by atoms with van der Waals surface area (Å²) in [5.41, 5.74) is 0.885. The van der Waals surface area contributed by atoms with Gasteiger partial charge in [-0.2, -0.15) is 0 Å². The van der Waals surface area contributed by atoms with Gasteiger partial charge in [-0.05, 0) is 25.7 Å². The number of ketones is 1. The number of hydrogen-bond donors (Lipinski definition) is 0. The van der Waals surface area contributed by atoms with Gasteiger partial charge in [0.1, 0.15) is 5.15 Å². The van der Waals surface area contributed by atoms with Gasteiger partial charge in [-0.1, -0.05) is 24.6 Å². The first-order valence-corrected chi connectivity index (χ1v) is 5.24. The Labute approximate surface area is 95.1 Å². The first-order chi connectivity index (χ1) is 7.06. The number of pyridine rings is 1. The summed E-state index contributed by atoms with van der Waals surface area (Å²) in [5.74, 6) is 0.184. The van der Waals surface area contributed by atoms with E-state index >= 15 is 0 Å². The molecule has 1 heterocycles. The van der Waals surface area contributed by atoms with E-state index in [0.29, 0.717) is 11.6 Å². The van der Waals surface area contributed by atoms with Crippen LogP contribution in [-0.2, 0) is 4.79 Å². The van der Waals surface area contributed by atoms with E-state index in [2.05, 4.69) is 4.98 Å². The van der Waals surface area contributed by atoms with E-state index < -0.39 is 0 Å². The third kappa shape index (κ3) is 3.01. The van der Waals surface area contributed by atoms with Crippen molar-refractivity contribution in [1.29, 1.82) is 0 Å². The minimum absolute atomic E-state index is 0.184. The Kier molecular flexibility index (Phi) is 4.24. The molecule has 0 fully saturated rings. The first-order valence-electron chi connectivity index (χ1n) is 4.86. The Morgan fingerprint density at radius 3 is 2.60 bits per heavy atom. The predicted molar refractivity (Wildman–Crippen MR) is 61.0 cm³/mol. The second kappa shape index (κ2) is 5.24.